The Hall–Kier alpha value is -1.13. The molecule has 0 aliphatic heterocycles. The second-order valence-electron chi connectivity index (χ2n) is 4.74. The molecule has 0 heterocycles. The van der Waals surface area contributed by atoms with Gasteiger partial charge in [-0.15, -0.1) is 0 Å². The summed E-state index contributed by atoms with van der Waals surface area (Å²) in [6.07, 6.45) is 0. The lowest BCUT2D eigenvalue weighted by Gasteiger charge is -2.28. The molecule has 0 aromatic heterocycles. The highest BCUT2D eigenvalue weighted by molar-refractivity contribution is 5.57. The number of hydrogen-bond acceptors (Lipinski definition) is 3. The van der Waals surface area contributed by atoms with Gasteiger partial charge in [-0.05, 0) is 51.1 Å². The van der Waals surface area contributed by atoms with Gasteiger partial charge in [0, 0.05) is 31.9 Å². The first kappa shape index (κ1) is 15.9. The first-order chi connectivity index (χ1) is 9.04. The highest BCUT2D eigenvalue weighted by atomic mass is 19.1. The van der Waals surface area contributed by atoms with Crippen LogP contribution in [-0.2, 0) is 4.74 Å². The SMILES string of the molecule is CCN(CCOC)c1cc(C)c(F)cc1C(C)NC. The third-order valence-electron chi connectivity index (χ3n) is 3.50. The summed E-state index contributed by atoms with van der Waals surface area (Å²) in [5.74, 6) is -0.149. The third kappa shape index (κ3) is 3.91. The molecule has 1 unspecified atom stereocenters. The monoisotopic (exact) mass is 268 g/mol. The van der Waals surface area contributed by atoms with Gasteiger partial charge in [-0.3, -0.25) is 0 Å². The lowest BCUT2D eigenvalue weighted by molar-refractivity contribution is 0.205. The fourth-order valence-corrected chi connectivity index (χ4v) is 2.11. The highest BCUT2D eigenvalue weighted by Gasteiger charge is 2.16. The van der Waals surface area contributed by atoms with Crippen LogP contribution < -0.4 is 10.2 Å². The quantitative estimate of drug-likeness (QED) is 0.823. The average molecular weight is 268 g/mol. The molecule has 3 nitrogen and oxygen atoms in total. The number of rotatable bonds is 7. The summed E-state index contributed by atoms with van der Waals surface area (Å²) in [6.45, 7) is 8.29. The van der Waals surface area contributed by atoms with Crippen LogP contribution in [0.5, 0.6) is 0 Å². The number of halogens is 1. The van der Waals surface area contributed by atoms with E-state index in [2.05, 4.69) is 17.1 Å². The van der Waals surface area contributed by atoms with Crippen LogP contribution in [0.1, 0.15) is 31.0 Å². The standard InChI is InChI=1S/C15H25FN2O/c1-6-18(7-8-19-5)15-9-11(2)14(16)10-13(15)12(3)17-4/h9-10,12,17H,6-8H2,1-5H3. The summed E-state index contributed by atoms with van der Waals surface area (Å²) >= 11 is 0. The molecule has 1 rings (SSSR count). The van der Waals surface area contributed by atoms with Crippen molar-refractivity contribution in [2.24, 2.45) is 0 Å². The molecule has 0 amide bonds. The maximum atomic E-state index is 13.8. The number of hydrogen-bond donors (Lipinski definition) is 1. The Labute approximate surface area is 115 Å². The van der Waals surface area contributed by atoms with Gasteiger partial charge in [0.1, 0.15) is 5.82 Å². The van der Waals surface area contributed by atoms with E-state index in [1.54, 1.807) is 20.1 Å². The molecule has 1 N–H and O–H groups in total. The number of methoxy groups -OCH3 is 1. The van der Waals surface area contributed by atoms with Crippen molar-refractivity contribution >= 4 is 5.69 Å². The maximum absolute atomic E-state index is 13.8. The minimum atomic E-state index is -0.149. The van der Waals surface area contributed by atoms with E-state index < -0.39 is 0 Å². The molecule has 0 saturated carbocycles. The van der Waals surface area contributed by atoms with E-state index in [1.807, 2.05) is 20.0 Å². The molecular weight excluding hydrogens is 243 g/mol. The molecule has 0 aliphatic rings. The van der Waals surface area contributed by atoms with Gasteiger partial charge in [-0.1, -0.05) is 0 Å². The van der Waals surface area contributed by atoms with Crippen LogP contribution in [0.2, 0.25) is 0 Å². The molecule has 0 radical (unpaired) electrons. The smallest absolute Gasteiger partial charge is 0.126 e. The average Bonchev–Trinajstić information content (AvgIpc) is 2.42. The lowest BCUT2D eigenvalue weighted by atomic mass is 10.0. The Morgan fingerprint density at radius 1 is 1.42 bits per heavy atom. The van der Waals surface area contributed by atoms with E-state index >= 15 is 0 Å². The minimum absolute atomic E-state index is 0.113. The van der Waals surface area contributed by atoms with Crippen molar-refractivity contribution in [3.8, 4) is 0 Å². The number of nitrogens with zero attached hydrogens (tertiary/aromatic N) is 1. The normalized spacial score (nSPS) is 12.5. The van der Waals surface area contributed by atoms with Crippen molar-refractivity contribution in [3.05, 3.63) is 29.1 Å². The molecule has 19 heavy (non-hydrogen) atoms. The van der Waals surface area contributed by atoms with Crippen molar-refractivity contribution < 1.29 is 9.13 Å². The van der Waals surface area contributed by atoms with Gasteiger partial charge < -0.3 is 15.0 Å². The number of aryl methyl sites for hydroxylation is 1. The van der Waals surface area contributed by atoms with Crippen LogP contribution in [0.15, 0.2) is 12.1 Å². The molecular formula is C15H25FN2O. The Kier molecular flexibility index (Phi) is 6.25. The molecule has 1 aromatic rings. The topological polar surface area (TPSA) is 24.5 Å². The first-order valence-electron chi connectivity index (χ1n) is 6.76. The molecule has 0 saturated heterocycles. The number of likely N-dealkylation sites (N-methyl/N-ethyl adjacent to an activating group) is 1. The summed E-state index contributed by atoms with van der Waals surface area (Å²) in [6, 6.07) is 3.68. The summed E-state index contributed by atoms with van der Waals surface area (Å²) in [5, 5.41) is 3.18. The molecule has 4 heteroatoms. The van der Waals surface area contributed by atoms with Crippen LogP contribution in [0.3, 0.4) is 0 Å². The van der Waals surface area contributed by atoms with Gasteiger partial charge in [0.05, 0.1) is 6.61 Å². The van der Waals surface area contributed by atoms with E-state index in [9.17, 15) is 4.39 Å². The fraction of sp³-hybridized carbons (Fsp3) is 0.600. The minimum Gasteiger partial charge on any atom is -0.383 e. The Morgan fingerprint density at radius 2 is 2.11 bits per heavy atom. The molecule has 0 fully saturated rings. The summed E-state index contributed by atoms with van der Waals surface area (Å²) in [5.41, 5.74) is 2.75. The van der Waals surface area contributed by atoms with Gasteiger partial charge in [-0.2, -0.15) is 0 Å². The predicted octanol–water partition coefficient (Wildman–Crippen LogP) is 2.89. The first-order valence-corrected chi connectivity index (χ1v) is 6.76. The highest BCUT2D eigenvalue weighted by Crippen LogP contribution is 2.29. The molecule has 0 bridgehead atoms. The lowest BCUT2D eigenvalue weighted by Crippen LogP contribution is -2.29. The molecule has 0 spiro atoms. The van der Waals surface area contributed by atoms with E-state index in [-0.39, 0.29) is 11.9 Å². The zero-order chi connectivity index (χ0) is 14.4. The second-order valence-corrected chi connectivity index (χ2v) is 4.74. The van der Waals surface area contributed by atoms with Gasteiger partial charge >= 0.3 is 0 Å². The van der Waals surface area contributed by atoms with E-state index in [1.165, 1.54) is 0 Å². The zero-order valence-corrected chi connectivity index (χ0v) is 12.6. The molecule has 1 aromatic carbocycles. The van der Waals surface area contributed by atoms with Crippen molar-refractivity contribution in [1.82, 2.24) is 5.32 Å². The Balaban J connectivity index is 3.17. The van der Waals surface area contributed by atoms with Crippen LogP contribution >= 0.6 is 0 Å². The van der Waals surface area contributed by atoms with Crippen LogP contribution in [0.25, 0.3) is 0 Å². The largest absolute Gasteiger partial charge is 0.383 e. The van der Waals surface area contributed by atoms with E-state index in [4.69, 9.17) is 4.74 Å². The van der Waals surface area contributed by atoms with Crippen molar-refractivity contribution in [3.63, 3.8) is 0 Å². The zero-order valence-electron chi connectivity index (χ0n) is 12.6. The van der Waals surface area contributed by atoms with Crippen molar-refractivity contribution in [2.45, 2.75) is 26.8 Å². The second kappa shape index (κ2) is 7.46. The molecule has 1 atom stereocenters. The Bertz CT molecular complexity index is 409. The van der Waals surface area contributed by atoms with Crippen LogP contribution in [0, 0.1) is 12.7 Å². The van der Waals surface area contributed by atoms with Crippen molar-refractivity contribution in [1.29, 1.82) is 0 Å². The van der Waals surface area contributed by atoms with Gasteiger partial charge in [0.2, 0.25) is 0 Å². The Morgan fingerprint density at radius 3 is 2.63 bits per heavy atom. The fourth-order valence-electron chi connectivity index (χ4n) is 2.11. The summed E-state index contributed by atoms with van der Waals surface area (Å²) in [7, 11) is 3.58. The van der Waals surface area contributed by atoms with Crippen LogP contribution in [-0.4, -0.2) is 33.9 Å². The predicted molar refractivity (Wildman–Crippen MR) is 78.4 cm³/mol. The summed E-state index contributed by atoms with van der Waals surface area (Å²) in [4.78, 5) is 2.22. The molecule has 108 valence electrons. The number of ether oxygens (including phenoxy) is 1. The third-order valence-corrected chi connectivity index (χ3v) is 3.50. The van der Waals surface area contributed by atoms with E-state index in [0.29, 0.717) is 12.2 Å². The van der Waals surface area contributed by atoms with Gasteiger partial charge in [-0.25, -0.2) is 4.39 Å². The van der Waals surface area contributed by atoms with Crippen LogP contribution in [0.4, 0.5) is 10.1 Å². The maximum Gasteiger partial charge on any atom is 0.126 e. The summed E-state index contributed by atoms with van der Waals surface area (Å²) < 4.78 is 18.9. The number of benzene rings is 1. The van der Waals surface area contributed by atoms with Gasteiger partial charge in [0.15, 0.2) is 0 Å². The van der Waals surface area contributed by atoms with Gasteiger partial charge in [0.25, 0.3) is 0 Å². The number of nitrogens with one attached hydrogen (secondary N) is 1. The molecule has 0 aliphatic carbocycles. The van der Waals surface area contributed by atoms with E-state index in [0.717, 1.165) is 24.3 Å². The number of anilines is 1. The van der Waals surface area contributed by atoms with Crippen molar-refractivity contribution in [2.75, 3.05) is 38.8 Å².